The van der Waals surface area contributed by atoms with E-state index in [0.717, 1.165) is 53.3 Å². The molecule has 2 fully saturated rings. The second-order valence-electron chi connectivity index (χ2n) is 11.0. The highest BCUT2D eigenvalue weighted by Gasteiger charge is 2.32. The van der Waals surface area contributed by atoms with Gasteiger partial charge in [0.1, 0.15) is 0 Å². The highest BCUT2D eigenvalue weighted by molar-refractivity contribution is 4.99. The first-order valence-electron chi connectivity index (χ1n) is 11.7. The van der Waals surface area contributed by atoms with Gasteiger partial charge in [-0.15, -0.1) is 0 Å². The lowest BCUT2D eigenvalue weighted by Gasteiger charge is -2.39. The first kappa shape index (κ1) is 23.8. The third kappa shape index (κ3) is 7.05. The van der Waals surface area contributed by atoms with E-state index in [1.807, 2.05) is 0 Å². The highest BCUT2D eigenvalue weighted by Crippen LogP contribution is 2.42. The standard InChI is InChI=1S/C13H24.C13H26/c1-9(2)12-7-6-11(5)13(8-12)10(3)4;1-9(2)12-7-6-11(5)8-13(12)10(3)4/h10-13H,1,6-8H2,2-5H3;9-13H,6-8H2,1-5H3. The van der Waals surface area contributed by atoms with Gasteiger partial charge in [0.2, 0.25) is 0 Å². The minimum atomic E-state index is 0.809. The van der Waals surface area contributed by atoms with Crippen LogP contribution in [0.25, 0.3) is 0 Å². The summed E-state index contributed by atoms with van der Waals surface area (Å²) in [5.41, 5.74) is 1.40. The van der Waals surface area contributed by atoms with Gasteiger partial charge in [-0.1, -0.05) is 74.0 Å². The van der Waals surface area contributed by atoms with Crippen LogP contribution in [0, 0.1) is 53.3 Å². The van der Waals surface area contributed by atoms with Crippen LogP contribution in [0.4, 0.5) is 0 Å². The smallest absolute Gasteiger partial charge is 0.0206 e. The highest BCUT2D eigenvalue weighted by atomic mass is 14.4. The lowest BCUT2D eigenvalue weighted by molar-refractivity contribution is 0.106. The van der Waals surface area contributed by atoms with E-state index >= 15 is 0 Å². The Morgan fingerprint density at radius 1 is 0.692 bits per heavy atom. The molecule has 0 bridgehead atoms. The van der Waals surface area contributed by atoms with Crippen LogP contribution in [0.1, 0.15) is 101 Å². The molecule has 0 heteroatoms. The molecule has 0 heterocycles. The summed E-state index contributed by atoms with van der Waals surface area (Å²) in [6.07, 6.45) is 8.57. The van der Waals surface area contributed by atoms with Gasteiger partial charge in [0, 0.05) is 0 Å². The Balaban J connectivity index is 0.000000260. The molecule has 0 aliphatic heterocycles. The molecule has 0 amide bonds. The van der Waals surface area contributed by atoms with E-state index in [0.29, 0.717) is 0 Å². The van der Waals surface area contributed by atoms with E-state index in [1.165, 1.54) is 44.1 Å². The van der Waals surface area contributed by atoms with Crippen molar-refractivity contribution in [2.24, 2.45) is 53.3 Å². The van der Waals surface area contributed by atoms with Gasteiger partial charge in [-0.25, -0.2) is 0 Å². The minimum absolute atomic E-state index is 0.809. The first-order chi connectivity index (χ1) is 12.0. The molecule has 154 valence electrons. The molecule has 0 saturated heterocycles. The predicted molar refractivity (Wildman–Crippen MR) is 119 cm³/mol. The van der Waals surface area contributed by atoms with Crippen LogP contribution in [0.15, 0.2) is 12.2 Å². The van der Waals surface area contributed by atoms with E-state index in [1.54, 1.807) is 0 Å². The molecule has 0 aromatic carbocycles. The van der Waals surface area contributed by atoms with Crippen molar-refractivity contribution < 1.29 is 0 Å². The van der Waals surface area contributed by atoms with Crippen LogP contribution < -0.4 is 0 Å². The molecule has 2 aliphatic carbocycles. The first-order valence-corrected chi connectivity index (χ1v) is 11.7. The van der Waals surface area contributed by atoms with Gasteiger partial charge in [0.15, 0.2) is 0 Å². The molecular weight excluding hydrogens is 312 g/mol. The zero-order chi connectivity index (χ0) is 20.0. The molecular formula is C26H50. The number of allylic oxidation sites excluding steroid dienone is 1. The van der Waals surface area contributed by atoms with Crippen molar-refractivity contribution in [1.29, 1.82) is 0 Å². The molecule has 0 radical (unpaired) electrons. The predicted octanol–water partition coefficient (Wildman–Crippen LogP) is 8.62. The lowest BCUT2D eigenvalue weighted by Crippen LogP contribution is -2.30. The zero-order valence-electron chi connectivity index (χ0n) is 19.6. The van der Waals surface area contributed by atoms with E-state index in [9.17, 15) is 0 Å². The molecule has 6 unspecified atom stereocenters. The monoisotopic (exact) mass is 362 g/mol. The van der Waals surface area contributed by atoms with Crippen molar-refractivity contribution >= 4 is 0 Å². The second kappa shape index (κ2) is 10.9. The molecule has 6 atom stereocenters. The van der Waals surface area contributed by atoms with Crippen molar-refractivity contribution in [3.05, 3.63) is 12.2 Å². The lowest BCUT2D eigenvalue weighted by atomic mass is 9.66. The normalized spacial score (nSPS) is 35.4. The Hall–Kier alpha value is -0.260. The van der Waals surface area contributed by atoms with E-state index in [-0.39, 0.29) is 0 Å². The van der Waals surface area contributed by atoms with Crippen LogP contribution in [0.5, 0.6) is 0 Å². The molecule has 0 aromatic rings. The SMILES string of the molecule is C=C(C)C1CCC(C)C(C(C)C)C1.CC1CCC(C(C)C)C(C(C)C)C1. The molecule has 0 nitrogen and oxygen atoms in total. The summed E-state index contributed by atoms with van der Waals surface area (Å²) < 4.78 is 0. The number of hydrogen-bond acceptors (Lipinski definition) is 0. The van der Waals surface area contributed by atoms with Crippen molar-refractivity contribution in [3.8, 4) is 0 Å². The fourth-order valence-corrected chi connectivity index (χ4v) is 5.78. The summed E-state index contributed by atoms with van der Waals surface area (Å²) in [4.78, 5) is 0. The van der Waals surface area contributed by atoms with Crippen LogP contribution in [0.2, 0.25) is 0 Å². The van der Waals surface area contributed by atoms with Crippen LogP contribution in [-0.4, -0.2) is 0 Å². The maximum Gasteiger partial charge on any atom is -0.0206 e. The van der Waals surface area contributed by atoms with Gasteiger partial charge >= 0.3 is 0 Å². The molecule has 2 aliphatic rings. The Morgan fingerprint density at radius 3 is 1.69 bits per heavy atom. The van der Waals surface area contributed by atoms with Crippen molar-refractivity contribution in [3.63, 3.8) is 0 Å². The van der Waals surface area contributed by atoms with Gasteiger partial charge < -0.3 is 0 Å². The summed E-state index contributed by atoms with van der Waals surface area (Å²) in [6, 6.07) is 0. The Labute approximate surface area is 166 Å². The van der Waals surface area contributed by atoms with E-state index < -0.39 is 0 Å². The largest absolute Gasteiger partial charge is 0.0999 e. The van der Waals surface area contributed by atoms with E-state index in [4.69, 9.17) is 0 Å². The van der Waals surface area contributed by atoms with Crippen LogP contribution >= 0.6 is 0 Å². The summed E-state index contributed by atoms with van der Waals surface area (Å²) in [5, 5.41) is 0. The summed E-state index contributed by atoms with van der Waals surface area (Å²) in [5.74, 6) is 8.24. The fraction of sp³-hybridized carbons (Fsp3) is 0.923. The Morgan fingerprint density at radius 2 is 1.23 bits per heavy atom. The van der Waals surface area contributed by atoms with Crippen molar-refractivity contribution in [2.45, 2.75) is 101 Å². The van der Waals surface area contributed by atoms with Gasteiger partial charge in [-0.05, 0) is 92.3 Å². The molecule has 0 N–H and O–H groups in total. The molecule has 2 rings (SSSR count). The van der Waals surface area contributed by atoms with Gasteiger partial charge in [0.25, 0.3) is 0 Å². The minimum Gasteiger partial charge on any atom is -0.0999 e. The number of rotatable bonds is 4. The molecule has 0 aromatic heterocycles. The van der Waals surface area contributed by atoms with Gasteiger partial charge in [0.05, 0.1) is 0 Å². The van der Waals surface area contributed by atoms with Gasteiger partial charge in [-0.3, -0.25) is 0 Å². The summed E-state index contributed by atoms with van der Waals surface area (Å²) in [7, 11) is 0. The van der Waals surface area contributed by atoms with Crippen molar-refractivity contribution in [1.82, 2.24) is 0 Å². The maximum absolute atomic E-state index is 4.10. The van der Waals surface area contributed by atoms with Gasteiger partial charge in [-0.2, -0.15) is 0 Å². The summed E-state index contributed by atoms with van der Waals surface area (Å²) in [6.45, 7) is 25.5. The quantitative estimate of drug-likeness (QED) is 0.439. The van der Waals surface area contributed by atoms with Crippen LogP contribution in [-0.2, 0) is 0 Å². The van der Waals surface area contributed by atoms with Crippen LogP contribution in [0.3, 0.4) is 0 Å². The zero-order valence-corrected chi connectivity index (χ0v) is 19.6. The maximum atomic E-state index is 4.10. The fourth-order valence-electron chi connectivity index (χ4n) is 5.78. The second-order valence-corrected chi connectivity index (χ2v) is 11.0. The summed E-state index contributed by atoms with van der Waals surface area (Å²) >= 11 is 0. The molecule has 0 spiro atoms. The Kier molecular flexibility index (Phi) is 9.98. The van der Waals surface area contributed by atoms with E-state index in [2.05, 4.69) is 68.9 Å². The average Bonchev–Trinajstić information content (AvgIpc) is 2.54. The topological polar surface area (TPSA) is 0 Å². The number of hydrogen-bond donors (Lipinski definition) is 0. The van der Waals surface area contributed by atoms with Crippen molar-refractivity contribution in [2.75, 3.05) is 0 Å². The molecule has 26 heavy (non-hydrogen) atoms. The average molecular weight is 363 g/mol. The Bertz CT molecular complexity index is 402. The third-order valence-corrected chi connectivity index (χ3v) is 7.74. The molecule has 2 saturated carbocycles. The third-order valence-electron chi connectivity index (χ3n) is 7.74.